The lowest BCUT2D eigenvalue weighted by molar-refractivity contribution is 0.291. The van der Waals surface area contributed by atoms with Crippen molar-refractivity contribution >= 4 is 15.9 Å². The van der Waals surface area contributed by atoms with E-state index in [1.807, 2.05) is 24.3 Å². The van der Waals surface area contributed by atoms with Crippen LogP contribution in [0.25, 0.3) is 0 Å². The summed E-state index contributed by atoms with van der Waals surface area (Å²) >= 11 is 3.49. The second-order valence-electron chi connectivity index (χ2n) is 4.76. The summed E-state index contributed by atoms with van der Waals surface area (Å²) in [6.07, 6.45) is 3.40. The quantitative estimate of drug-likeness (QED) is 0.879. The van der Waals surface area contributed by atoms with E-state index < -0.39 is 0 Å². The van der Waals surface area contributed by atoms with E-state index in [0.717, 1.165) is 22.3 Å². The Morgan fingerprint density at radius 1 is 1.20 bits per heavy atom. The normalized spacial score (nSPS) is 10.8. The molecular formula is C15H18BrN3O. The molecule has 0 aliphatic carbocycles. The molecule has 1 aromatic heterocycles. The Morgan fingerprint density at radius 3 is 2.65 bits per heavy atom. The lowest BCUT2D eigenvalue weighted by atomic mass is 10.2. The van der Waals surface area contributed by atoms with Gasteiger partial charge in [-0.05, 0) is 6.07 Å². The van der Waals surface area contributed by atoms with Gasteiger partial charge < -0.3 is 10.1 Å². The molecule has 1 N–H and O–H groups in total. The standard InChI is InChI=1S/C15H18BrN3O/c1-11(2)17-7-13-8-19-15(9-18-13)20-10-12-5-3-4-6-14(12)16/h3-6,8-9,11,17H,7,10H2,1-2H3. The molecule has 0 atom stereocenters. The van der Waals surface area contributed by atoms with Gasteiger partial charge in [0.1, 0.15) is 6.61 Å². The lowest BCUT2D eigenvalue weighted by Crippen LogP contribution is -2.22. The van der Waals surface area contributed by atoms with Crippen LogP contribution in [-0.4, -0.2) is 16.0 Å². The zero-order valence-corrected chi connectivity index (χ0v) is 13.2. The minimum atomic E-state index is 0.433. The number of benzene rings is 1. The molecule has 106 valence electrons. The summed E-state index contributed by atoms with van der Waals surface area (Å²) in [4.78, 5) is 8.58. The highest BCUT2D eigenvalue weighted by atomic mass is 79.9. The molecule has 0 fully saturated rings. The monoisotopic (exact) mass is 335 g/mol. The average molecular weight is 336 g/mol. The molecule has 0 radical (unpaired) electrons. The summed E-state index contributed by atoms with van der Waals surface area (Å²) in [5.74, 6) is 0.536. The van der Waals surface area contributed by atoms with Crippen molar-refractivity contribution in [2.75, 3.05) is 0 Å². The SMILES string of the molecule is CC(C)NCc1cnc(OCc2ccccc2Br)cn1. The molecule has 0 amide bonds. The number of aromatic nitrogens is 2. The first-order valence-corrected chi connectivity index (χ1v) is 7.35. The first kappa shape index (κ1) is 14.9. The number of hydrogen-bond acceptors (Lipinski definition) is 4. The van der Waals surface area contributed by atoms with Gasteiger partial charge in [-0.2, -0.15) is 0 Å². The van der Waals surface area contributed by atoms with E-state index >= 15 is 0 Å². The molecular weight excluding hydrogens is 318 g/mol. The Hall–Kier alpha value is -1.46. The highest BCUT2D eigenvalue weighted by Crippen LogP contribution is 2.17. The molecule has 1 aromatic carbocycles. The fourth-order valence-electron chi connectivity index (χ4n) is 1.58. The Morgan fingerprint density at radius 2 is 2.00 bits per heavy atom. The molecule has 0 saturated heterocycles. The minimum absolute atomic E-state index is 0.433. The van der Waals surface area contributed by atoms with Crippen LogP contribution in [0.15, 0.2) is 41.1 Å². The smallest absolute Gasteiger partial charge is 0.232 e. The zero-order chi connectivity index (χ0) is 14.4. The molecule has 0 spiro atoms. The number of ether oxygens (including phenoxy) is 1. The van der Waals surface area contributed by atoms with Crippen molar-refractivity contribution in [1.82, 2.24) is 15.3 Å². The lowest BCUT2D eigenvalue weighted by Gasteiger charge is -2.09. The van der Waals surface area contributed by atoms with E-state index in [4.69, 9.17) is 4.74 Å². The largest absolute Gasteiger partial charge is 0.472 e. The maximum atomic E-state index is 5.63. The molecule has 0 aliphatic heterocycles. The second-order valence-corrected chi connectivity index (χ2v) is 5.62. The molecule has 1 heterocycles. The summed E-state index contributed by atoms with van der Waals surface area (Å²) in [7, 11) is 0. The highest BCUT2D eigenvalue weighted by Gasteiger charge is 2.02. The minimum Gasteiger partial charge on any atom is -0.472 e. The van der Waals surface area contributed by atoms with Gasteiger partial charge in [-0.25, -0.2) is 4.98 Å². The Kier molecular flexibility index (Phi) is 5.49. The number of nitrogens with one attached hydrogen (secondary N) is 1. The second kappa shape index (κ2) is 7.36. The van der Waals surface area contributed by atoms with E-state index in [1.54, 1.807) is 12.4 Å². The first-order chi connectivity index (χ1) is 9.65. The van der Waals surface area contributed by atoms with E-state index in [-0.39, 0.29) is 0 Å². The van der Waals surface area contributed by atoms with E-state index in [0.29, 0.717) is 18.5 Å². The van der Waals surface area contributed by atoms with E-state index in [9.17, 15) is 0 Å². The van der Waals surface area contributed by atoms with Gasteiger partial charge in [0.05, 0.1) is 18.1 Å². The number of halogens is 1. The molecule has 4 nitrogen and oxygen atoms in total. The summed E-state index contributed by atoms with van der Waals surface area (Å²) in [6.45, 7) is 5.39. The molecule has 2 aromatic rings. The van der Waals surface area contributed by atoms with Crippen molar-refractivity contribution in [3.8, 4) is 5.88 Å². The third-order valence-corrected chi connectivity index (χ3v) is 3.48. The van der Waals surface area contributed by atoms with Gasteiger partial charge in [-0.3, -0.25) is 4.98 Å². The van der Waals surface area contributed by atoms with Gasteiger partial charge in [0.2, 0.25) is 5.88 Å². The van der Waals surface area contributed by atoms with Crippen molar-refractivity contribution in [3.63, 3.8) is 0 Å². The third kappa shape index (κ3) is 4.58. The average Bonchev–Trinajstić information content (AvgIpc) is 2.45. The van der Waals surface area contributed by atoms with Gasteiger partial charge >= 0.3 is 0 Å². The third-order valence-electron chi connectivity index (χ3n) is 2.71. The summed E-state index contributed by atoms with van der Waals surface area (Å²) in [5, 5.41) is 3.30. The number of hydrogen-bond donors (Lipinski definition) is 1. The van der Waals surface area contributed by atoms with E-state index in [1.165, 1.54) is 0 Å². The van der Waals surface area contributed by atoms with Crippen LogP contribution in [-0.2, 0) is 13.2 Å². The predicted octanol–water partition coefficient (Wildman–Crippen LogP) is 3.32. The van der Waals surface area contributed by atoms with Crippen LogP contribution in [0, 0.1) is 0 Å². The number of nitrogens with zero attached hydrogens (tertiary/aromatic N) is 2. The highest BCUT2D eigenvalue weighted by molar-refractivity contribution is 9.10. The van der Waals surface area contributed by atoms with Crippen LogP contribution < -0.4 is 10.1 Å². The molecule has 0 saturated carbocycles. The van der Waals surface area contributed by atoms with Gasteiger partial charge in [0.25, 0.3) is 0 Å². The molecule has 0 bridgehead atoms. The Labute approximate surface area is 127 Å². The molecule has 5 heteroatoms. The van der Waals surface area contributed by atoms with Crippen LogP contribution in [0.3, 0.4) is 0 Å². The van der Waals surface area contributed by atoms with Gasteiger partial charge in [0.15, 0.2) is 0 Å². The van der Waals surface area contributed by atoms with Crippen molar-refractivity contribution in [2.24, 2.45) is 0 Å². The maximum Gasteiger partial charge on any atom is 0.232 e. The molecule has 2 rings (SSSR count). The van der Waals surface area contributed by atoms with Crippen molar-refractivity contribution in [1.29, 1.82) is 0 Å². The summed E-state index contributed by atoms with van der Waals surface area (Å²) in [5.41, 5.74) is 1.99. The van der Waals surface area contributed by atoms with Gasteiger partial charge in [0, 0.05) is 22.6 Å². The number of rotatable bonds is 6. The molecule has 0 unspecified atom stereocenters. The van der Waals surface area contributed by atoms with Crippen molar-refractivity contribution in [3.05, 3.63) is 52.4 Å². The fourth-order valence-corrected chi connectivity index (χ4v) is 1.98. The van der Waals surface area contributed by atoms with Crippen LogP contribution in [0.4, 0.5) is 0 Å². The Bertz CT molecular complexity index is 543. The first-order valence-electron chi connectivity index (χ1n) is 6.55. The zero-order valence-electron chi connectivity index (χ0n) is 11.6. The van der Waals surface area contributed by atoms with Gasteiger partial charge in [-0.15, -0.1) is 0 Å². The van der Waals surface area contributed by atoms with Crippen molar-refractivity contribution < 1.29 is 4.74 Å². The predicted molar refractivity (Wildman–Crippen MR) is 82.5 cm³/mol. The summed E-state index contributed by atoms with van der Waals surface area (Å²) in [6, 6.07) is 8.40. The molecule has 20 heavy (non-hydrogen) atoms. The topological polar surface area (TPSA) is 47.0 Å². The Balaban J connectivity index is 1.89. The van der Waals surface area contributed by atoms with Gasteiger partial charge in [-0.1, -0.05) is 48.0 Å². The van der Waals surface area contributed by atoms with Crippen LogP contribution in [0.2, 0.25) is 0 Å². The summed E-state index contributed by atoms with van der Waals surface area (Å²) < 4.78 is 6.66. The molecule has 0 aliphatic rings. The maximum absolute atomic E-state index is 5.63. The fraction of sp³-hybridized carbons (Fsp3) is 0.333. The van der Waals surface area contributed by atoms with Crippen LogP contribution in [0.5, 0.6) is 5.88 Å². The van der Waals surface area contributed by atoms with Crippen molar-refractivity contribution in [2.45, 2.75) is 33.0 Å². The van der Waals surface area contributed by atoms with Crippen LogP contribution in [0.1, 0.15) is 25.1 Å². The van der Waals surface area contributed by atoms with Crippen LogP contribution >= 0.6 is 15.9 Å². The van der Waals surface area contributed by atoms with E-state index in [2.05, 4.69) is 45.1 Å².